The summed E-state index contributed by atoms with van der Waals surface area (Å²) in [4.78, 5) is 35.3. The van der Waals surface area contributed by atoms with Crippen molar-refractivity contribution in [2.24, 2.45) is 0 Å². The van der Waals surface area contributed by atoms with Crippen molar-refractivity contribution in [3.8, 4) is 0 Å². The second-order valence-corrected chi connectivity index (χ2v) is 5.43. The average Bonchev–Trinajstić information content (AvgIpc) is 2.82. The van der Waals surface area contributed by atoms with E-state index in [-0.39, 0.29) is 5.91 Å². The summed E-state index contributed by atoms with van der Waals surface area (Å²) in [5.41, 5.74) is 0.708. The number of hydrogen-bond donors (Lipinski definition) is 3. The molecule has 1 atom stereocenters. The van der Waals surface area contributed by atoms with Gasteiger partial charge in [0.25, 0.3) is 11.8 Å². The molecule has 3 N–H and O–H groups in total. The second kappa shape index (κ2) is 5.57. The lowest BCUT2D eigenvalue weighted by Crippen LogP contribution is -2.40. The first-order chi connectivity index (χ1) is 11.0. The van der Waals surface area contributed by atoms with Crippen LogP contribution >= 0.6 is 0 Å². The number of benzene rings is 2. The van der Waals surface area contributed by atoms with Gasteiger partial charge in [-0.1, -0.05) is 30.3 Å². The van der Waals surface area contributed by atoms with E-state index in [2.05, 4.69) is 16.0 Å². The van der Waals surface area contributed by atoms with Crippen LogP contribution in [0, 0.1) is 0 Å². The number of anilines is 1. The molecular formula is C17H15N3O3. The number of carbonyl (C=O) groups is 3. The Labute approximate surface area is 132 Å². The van der Waals surface area contributed by atoms with E-state index in [4.69, 9.17) is 0 Å². The highest BCUT2D eigenvalue weighted by molar-refractivity contribution is 6.07. The van der Waals surface area contributed by atoms with Crippen LogP contribution in [0.25, 0.3) is 0 Å². The Hall–Kier alpha value is -3.15. The summed E-state index contributed by atoms with van der Waals surface area (Å²) in [6.07, 6.45) is 0. The monoisotopic (exact) mass is 309 g/mol. The smallest absolute Gasteiger partial charge is 0.322 e. The molecule has 6 heteroatoms. The number of rotatable bonds is 3. The van der Waals surface area contributed by atoms with Gasteiger partial charge in [-0.25, -0.2) is 4.79 Å². The van der Waals surface area contributed by atoms with Gasteiger partial charge in [-0.05, 0) is 36.8 Å². The van der Waals surface area contributed by atoms with Crippen LogP contribution in [-0.4, -0.2) is 17.8 Å². The SMILES string of the molecule is CC1(c2ccc(NC(=O)c3ccccc3)cc2)NC(=O)NC1=O. The molecule has 2 aromatic carbocycles. The van der Waals surface area contributed by atoms with E-state index in [0.29, 0.717) is 16.8 Å². The highest BCUT2D eigenvalue weighted by Crippen LogP contribution is 2.25. The van der Waals surface area contributed by atoms with E-state index in [1.54, 1.807) is 55.5 Å². The first kappa shape index (κ1) is 14.8. The van der Waals surface area contributed by atoms with E-state index >= 15 is 0 Å². The lowest BCUT2D eigenvalue weighted by Gasteiger charge is -2.21. The Bertz CT molecular complexity index is 771. The maximum absolute atomic E-state index is 12.1. The van der Waals surface area contributed by atoms with E-state index in [0.717, 1.165) is 0 Å². The molecule has 0 spiro atoms. The van der Waals surface area contributed by atoms with Crippen molar-refractivity contribution in [3.63, 3.8) is 0 Å². The Balaban J connectivity index is 1.77. The Morgan fingerprint density at radius 2 is 1.65 bits per heavy atom. The maximum atomic E-state index is 12.1. The fourth-order valence-electron chi connectivity index (χ4n) is 2.43. The van der Waals surface area contributed by atoms with E-state index in [1.165, 1.54) is 0 Å². The van der Waals surface area contributed by atoms with Gasteiger partial charge in [-0.3, -0.25) is 14.9 Å². The third-order valence-electron chi connectivity index (χ3n) is 3.80. The Kier molecular flexibility index (Phi) is 3.57. The highest BCUT2D eigenvalue weighted by Gasteiger charge is 2.43. The molecular weight excluding hydrogens is 294 g/mol. The average molecular weight is 309 g/mol. The minimum Gasteiger partial charge on any atom is -0.322 e. The first-order valence-electron chi connectivity index (χ1n) is 7.09. The number of hydrogen-bond acceptors (Lipinski definition) is 3. The van der Waals surface area contributed by atoms with Crippen LogP contribution in [0.5, 0.6) is 0 Å². The van der Waals surface area contributed by atoms with Gasteiger partial charge in [0.1, 0.15) is 5.54 Å². The fraction of sp³-hybridized carbons (Fsp3) is 0.118. The molecule has 1 unspecified atom stereocenters. The number of urea groups is 1. The van der Waals surface area contributed by atoms with Crippen LogP contribution < -0.4 is 16.0 Å². The van der Waals surface area contributed by atoms with Crippen molar-refractivity contribution in [1.82, 2.24) is 10.6 Å². The van der Waals surface area contributed by atoms with E-state index in [9.17, 15) is 14.4 Å². The predicted octanol–water partition coefficient (Wildman–Crippen LogP) is 1.99. The highest BCUT2D eigenvalue weighted by atomic mass is 16.2. The second-order valence-electron chi connectivity index (χ2n) is 5.43. The third-order valence-corrected chi connectivity index (χ3v) is 3.80. The molecule has 116 valence electrons. The Morgan fingerprint density at radius 3 is 2.22 bits per heavy atom. The quantitative estimate of drug-likeness (QED) is 0.758. The van der Waals surface area contributed by atoms with Gasteiger partial charge in [0.05, 0.1) is 0 Å². The van der Waals surface area contributed by atoms with Crippen molar-refractivity contribution in [1.29, 1.82) is 0 Å². The molecule has 0 aliphatic carbocycles. The molecule has 1 fully saturated rings. The summed E-state index contributed by atoms with van der Waals surface area (Å²) < 4.78 is 0. The van der Waals surface area contributed by atoms with Gasteiger partial charge >= 0.3 is 6.03 Å². The lowest BCUT2D eigenvalue weighted by atomic mass is 9.92. The summed E-state index contributed by atoms with van der Waals surface area (Å²) in [6.45, 7) is 1.63. The predicted molar refractivity (Wildman–Crippen MR) is 84.9 cm³/mol. The zero-order chi connectivity index (χ0) is 16.4. The maximum Gasteiger partial charge on any atom is 0.322 e. The van der Waals surface area contributed by atoms with Gasteiger partial charge in [0.2, 0.25) is 0 Å². The molecule has 1 heterocycles. The molecule has 6 nitrogen and oxygen atoms in total. The largest absolute Gasteiger partial charge is 0.322 e. The summed E-state index contributed by atoms with van der Waals surface area (Å²) in [5.74, 6) is -0.611. The van der Waals surface area contributed by atoms with Crippen molar-refractivity contribution in [3.05, 3.63) is 65.7 Å². The molecule has 1 saturated heterocycles. The summed E-state index contributed by atoms with van der Waals surface area (Å²) >= 11 is 0. The molecule has 0 bridgehead atoms. The van der Waals surface area contributed by atoms with E-state index < -0.39 is 17.5 Å². The minimum atomic E-state index is -1.10. The van der Waals surface area contributed by atoms with Crippen molar-refractivity contribution in [2.45, 2.75) is 12.5 Å². The molecule has 4 amide bonds. The van der Waals surface area contributed by atoms with Crippen molar-refractivity contribution < 1.29 is 14.4 Å². The number of nitrogens with one attached hydrogen (secondary N) is 3. The molecule has 1 aliphatic rings. The molecule has 0 aromatic heterocycles. The molecule has 3 rings (SSSR count). The van der Waals surface area contributed by atoms with Crippen molar-refractivity contribution in [2.75, 3.05) is 5.32 Å². The zero-order valence-electron chi connectivity index (χ0n) is 12.4. The number of imide groups is 1. The molecule has 2 aromatic rings. The summed E-state index contributed by atoms with van der Waals surface area (Å²) in [5, 5.41) is 7.59. The van der Waals surface area contributed by atoms with E-state index in [1.807, 2.05) is 6.07 Å². The van der Waals surface area contributed by atoms with Crippen LogP contribution in [0.15, 0.2) is 54.6 Å². The Morgan fingerprint density at radius 1 is 1.00 bits per heavy atom. The fourth-order valence-corrected chi connectivity index (χ4v) is 2.43. The van der Waals surface area contributed by atoms with Gasteiger partial charge in [-0.2, -0.15) is 0 Å². The molecule has 0 radical (unpaired) electrons. The summed E-state index contributed by atoms with van der Waals surface area (Å²) in [6, 6.07) is 15.1. The van der Waals surface area contributed by atoms with Gasteiger partial charge in [0.15, 0.2) is 0 Å². The van der Waals surface area contributed by atoms with Gasteiger partial charge in [-0.15, -0.1) is 0 Å². The molecule has 0 saturated carbocycles. The van der Waals surface area contributed by atoms with Crippen LogP contribution in [0.1, 0.15) is 22.8 Å². The first-order valence-corrected chi connectivity index (χ1v) is 7.09. The minimum absolute atomic E-state index is 0.212. The van der Waals surface area contributed by atoms with Gasteiger partial charge < -0.3 is 10.6 Å². The van der Waals surface area contributed by atoms with Crippen LogP contribution in [0.4, 0.5) is 10.5 Å². The number of amides is 4. The van der Waals surface area contributed by atoms with Crippen LogP contribution in [0.3, 0.4) is 0 Å². The standard InChI is InChI=1S/C17H15N3O3/c1-17(15(22)19-16(23)20-17)12-7-9-13(10-8-12)18-14(21)11-5-3-2-4-6-11/h2-10H,1H3,(H,18,21)(H2,19,20,22,23). The number of carbonyl (C=O) groups excluding carboxylic acids is 3. The molecule has 1 aliphatic heterocycles. The van der Waals surface area contributed by atoms with Crippen LogP contribution in [-0.2, 0) is 10.3 Å². The van der Waals surface area contributed by atoms with Crippen LogP contribution in [0.2, 0.25) is 0 Å². The lowest BCUT2D eigenvalue weighted by molar-refractivity contribution is -0.123. The molecule has 23 heavy (non-hydrogen) atoms. The normalized spacial score (nSPS) is 19.9. The van der Waals surface area contributed by atoms with Crippen molar-refractivity contribution >= 4 is 23.5 Å². The third kappa shape index (κ3) is 2.78. The zero-order valence-corrected chi connectivity index (χ0v) is 12.4. The van der Waals surface area contributed by atoms with Gasteiger partial charge in [0, 0.05) is 11.3 Å². The summed E-state index contributed by atoms with van der Waals surface area (Å²) in [7, 11) is 0. The topological polar surface area (TPSA) is 87.3 Å².